The lowest BCUT2D eigenvalue weighted by Gasteiger charge is -2.29. The second-order valence-electron chi connectivity index (χ2n) is 7.26. The zero-order chi connectivity index (χ0) is 20.7. The molecule has 29 heavy (non-hydrogen) atoms. The van der Waals surface area contributed by atoms with Gasteiger partial charge in [-0.05, 0) is 61.4 Å². The van der Waals surface area contributed by atoms with Gasteiger partial charge in [-0.15, -0.1) is 0 Å². The maximum Gasteiger partial charge on any atom is 0.251 e. The Labute approximate surface area is 172 Å². The lowest BCUT2D eigenvalue weighted by atomic mass is 9.82. The standard InChI is InChI=1S/C22H25N3O3S/c23-15-4-16-24-29(27,28)21-13-9-19(10-14-21)22(26)25-20-11-7-18(8-12-20)17-5-2-1-3-6-17/h1-3,5-6,9-10,13-14,18,20,24H,4,7-8,11-12,16H2,(H,25,26). The van der Waals surface area contributed by atoms with Gasteiger partial charge in [-0.25, -0.2) is 13.1 Å². The molecule has 0 aromatic heterocycles. The summed E-state index contributed by atoms with van der Waals surface area (Å²) in [6.45, 7) is 0.0622. The van der Waals surface area contributed by atoms with Crippen molar-refractivity contribution in [2.45, 2.75) is 49.0 Å². The summed E-state index contributed by atoms with van der Waals surface area (Å²) >= 11 is 0. The van der Waals surface area contributed by atoms with Gasteiger partial charge in [0.1, 0.15) is 0 Å². The first-order chi connectivity index (χ1) is 14.0. The number of benzene rings is 2. The number of carbonyl (C=O) groups is 1. The molecule has 0 saturated heterocycles. The molecule has 1 saturated carbocycles. The minimum Gasteiger partial charge on any atom is -0.349 e. The molecule has 0 spiro atoms. The van der Waals surface area contributed by atoms with Gasteiger partial charge in [0.15, 0.2) is 0 Å². The molecule has 152 valence electrons. The van der Waals surface area contributed by atoms with Gasteiger partial charge in [-0.2, -0.15) is 5.26 Å². The average Bonchev–Trinajstić information content (AvgIpc) is 2.75. The predicted molar refractivity (Wildman–Crippen MR) is 111 cm³/mol. The molecular formula is C22H25N3O3S. The fraction of sp³-hybridized carbons (Fsp3) is 0.364. The van der Waals surface area contributed by atoms with Crippen LogP contribution in [-0.2, 0) is 10.0 Å². The summed E-state index contributed by atoms with van der Waals surface area (Å²) in [6.07, 6.45) is 4.05. The topological polar surface area (TPSA) is 99.1 Å². The summed E-state index contributed by atoms with van der Waals surface area (Å²) in [5, 5.41) is 11.6. The quantitative estimate of drug-likeness (QED) is 0.683. The second-order valence-corrected chi connectivity index (χ2v) is 9.03. The molecule has 0 heterocycles. The fourth-order valence-corrected chi connectivity index (χ4v) is 4.71. The van der Waals surface area contributed by atoms with Crippen LogP contribution in [-0.4, -0.2) is 26.9 Å². The molecule has 1 aliphatic carbocycles. The van der Waals surface area contributed by atoms with E-state index < -0.39 is 10.0 Å². The van der Waals surface area contributed by atoms with Crippen LogP contribution < -0.4 is 10.0 Å². The summed E-state index contributed by atoms with van der Waals surface area (Å²) in [7, 11) is -3.67. The summed E-state index contributed by atoms with van der Waals surface area (Å²) in [5.74, 6) is 0.358. The minimum absolute atomic E-state index is 0.0622. The normalized spacial score (nSPS) is 19.3. The smallest absolute Gasteiger partial charge is 0.251 e. The molecule has 1 amide bonds. The largest absolute Gasteiger partial charge is 0.349 e. The molecule has 0 aliphatic heterocycles. The monoisotopic (exact) mass is 411 g/mol. The van der Waals surface area contributed by atoms with E-state index in [1.54, 1.807) is 0 Å². The maximum atomic E-state index is 12.5. The molecule has 3 rings (SSSR count). The van der Waals surface area contributed by atoms with Crippen molar-refractivity contribution in [3.8, 4) is 6.07 Å². The Kier molecular flexibility index (Phi) is 7.02. The molecular weight excluding hydrogens is 386 g/mol. The number of hydrogen-bond donors (Lipinski definition) is 2. The van der Waals surface area contributed by atoms with E-state index in [0.717, 1.165) is 25.7 Å². The SMILES string of the molecule is N#CCCNS(=O)(=O)c1ccc(C(=O)NC2CCC(c3ccccc3)CC2)cc1. The molecule has 0 bridgehead atoms. The molecule has 2 aromatic carbocycles. The Morgan fingerprint density at radius 2 is 1.66 bits per heavy atom. The van der Waals surface area contributed by atoms with E-state index in [4.69, 9.17) is 5.26 Å². The van der Waals surface area contributed by atoms with Crippen molar-refractivity contribution in [1.82, 2.24) is 10.0 Å². The number of carbonyl (C=O) groups excluding carboxylic acids is 1. The fourth-order valence-electron chi connectivity index (χ4n) is 3.68. The van der Waals surface area contributed by atoms with Crippen LogP contribution in [0.15, 0.2) is 59.5 Å². The number of rotatable bonds is 7. The number of nitriles is 1. The van der Waals surface area contributed by atoms with Crippen molar-refractivity contribution in [1.29, 1.82) is 5.26 Å². The van der Waals surface area contributed by atoms with Crippen LogP contribution in [0.5, 0.6) is 0 Å². The highest BCUT2D eigenvalue weighted by molar-refractivity contribution is 7.89. The van der Waals surface area contributed by atoms with Crippen molar-refractivity contribution >= 4 is 15.9 Å². The minimum atomic E-state index is -3.67. The highest BCUT2D eigenvalue weighted by Crippen LogP contribution is 2.32. The number of nitrogens with one attached hydrogen (secondary N) is 2. The lowest BCUT2D eigenvalue weighted by Crippen LogP contribution is -2.37. The van der Waals surface area contributed by atoms with Gasteiger partial charge < -0.3 is 5.32 Å². The highest BCUT2D eigenvalue weighted by Gasteiger charge is 2.24. The Bertz CT molecular complexity index is 959. The van der Waals surface area contributed by atoms with Crippen LogP contribution in [0.3, 0.4) is 0 Å². The van der Waals surface area contributed by atoms with Crippen molar-refractivity contribution < 1.29 is 13.2 Å². The van der Waals surface area contributed by atoms with E-state index in [9.17, 15) is 13.2 Å². The van der Waals surface area contributed by atoms with E-state index in [-0.39, 0.29) is 29.8 Å². The van der Waals surface area contributed by atoms with Gasteiger partial charge in [0.25, 0.3) is 5.91 Å². The van der Waals surface area contributed by atoms with E-state index in [1.807, 2.05) is 12.1 Å². The first-order valence-corrected chi connectivity index (χ1v) is 11.3. The highest BCUT2D eigenvalue weighted by atomic mass is 32.2. The van der Waals surface area contributed by atoms with Crippen LogP contribution in [0.2, 0.25) is 0 Å². The van der Waals surface area contributed by atoms with Gasteiger partial charge in [0.2, 0.25) is 10.0 Å². The Hall–Kier alpha value is -2.69. The molecule has 2 N–H and O–H groups in total. The van der Waals surface area contributed by atoms with Gasteiger partial charge in [-0.1, -0.05) is 30.3 Å². The Morgan fingerprint density at radius 1 is 1.00 bits per heavy atom. The molecule has 1 aliphatic rings. The second kappa shape index (κ2) is 9.68. The van der Waals surface area contributed by atoms with Crippen LogP contribution in [0.1, 0.15) is 53.9 Å². The zero-order valence-corrected chi connectivity index (χ0v) is 17.0. The molecule has 0 unspecified atom stereocenters. The molecule has 2 aromatic rings. The summed E-state index contributed by atoms with van der Waals surface area (Å²) in [5.41, 5.74) is 1.80. The molecule has 6 nitrogen and oxygen atoms in total. The van der Waals surface area contributed by atoms with Crippen LogP contribution in [0.25, 0.3) is 0 Å². The van der Waals surface area contributed by atoms with Crippen molar-refractivity contribution in [3.63, 3.8) is 0 Å². The van der Waals surface area contributed by atoms with Gasteiger partial charge in [0, 0.05) is 24.6 Å². The van der Waals surface area contributed by atoms with Crippen LogP contribution in [0, 0.1) is 11.3 Å². The van der Waals surface area contributed by atoms with E-state index >= 15 is 0 Å². The molecule has 0 radical (unpaired) electrons. The molecule has 7 heteroatoms. The van der Waals surface area contributed by atoms with E-state index in [1.165, 1.54) is 29.8 Å². The number of nitrogens with zero attached hydrogens (tertiary/aromatic N) is 1. The molecule has 1 fully saturated rings. The zero-order valence-electron chi connectivity index (χ0n) is 16.2. The maximum absolute atomic E-state index is 12.5. The van der Waals surface area contributed by atoms with Gasteiger partial charge in [0.05, 0.1) is 11.0 Å². The summed E-state index contributed by atoms with van der Waals surface area (Å²) < 4.78 is 26.6. The Morgan fingerprint density at radius 3 is 2.28 bits per heavy atom. The van der Waals surface area contributed by atoms with Gasteiger partial charge in [-0.3, -0.25) is 4.79 Å². The van der Waals surface area contributed by atoms with Crippen LogP contribution in [0.4, 0.5) is 0 Å². The summed E-state index contributed by atoms with van der Waals surface area (Å²) in [6, 6.07) is 18.4. The lowest BCUT2D eigenvalue weighted by molar-refractivity contribution is 0.0925. The molecule has 0 atom stereocenters. The Balaban J connectivity index is 1.53. The van der Waals surface area contributed by atoms with E-state index in [0.29, 0.717) is 11.5 Å². The van der Waals surface area contributed by atoms with Crippen LogP contribution >= 0.6 is 0 Å². The van der Waals surface area contributed by atoms with Crippen molar-refractivity contribution in [2.24, 2.45) is 0 Å². The van der Waals surface area contributed by atoms with Crippen molar-refractivity contribution in [3.05, 3.63) is 65.7 Å². The third-order valence-electron chi connectivity index (χ3n) is 5.29. The summed E-state index contributed by atoms with van der Waals surface area (Å²) in [4.78, 5) is 12.6. The predicted octanol–water partition coefficient (Wildman–Crippen LogP) is 3.33. The van der Waals surface area contributed by atoms with E-state index in [2.05, 4.69) is 34.3 Å². The first-order valence-electron chi connectivity index (χ1n) is 9.82. The number of amides is 1. The first kappa shape index (κ1) is 21.0. The average molecular weight is 412 g/mol. The third kappa shape index (κ3) is 5.66. The van der Waals surface area contributed by atoms with Crippen molar-refractivity contribution in [2.75, 3.05) is 6.54 Å². The number of sulfonamides is 1. The van der Waals surface area contributed by atoms with Gasteiger partial charge >= 0.3 is 0 Å². The number of hydrogen-bond acceptors (Lipinski definition) is 4. The third-order valence-corrected chi connectivity index (χ3v) is 6.77.